The molecule has 0 unspecified atom stereocenters. The molecule has 234 valence electrons. The number of rotatable bonds is 8. The number of halogens is 2. The molecule has 11 nitrogen and oxygen atoms in total. The monoisotopic (exact) mass is 672 g/mol. The molecule has 0 saturated carbocycles. The smallest absolute Gasteiger partial charge is 0.338 e. The number of benzene rings is 2. The first kappa shape index (κ1) is 31.9. The molecule has 0 radical (unpaired) electrons. The number of ether oxygens (including phenoxy) is 1. The summed E-state index contributed by atoms with van der Waals surface area (Å²) in [5.74, 6) is -2.51. The molecule has 0 bridgehead atoms. The van der Waals surface area contributed by atoms with Crippen LogP contribution in [0.15, 0.2) is 76.8 Å². The van der Waals surface area contributed by atoms with Crippen molar-refractivity contribution >= 4 is 59.8 Å². The van der Waals surface area contributed by atoms with Crippen LogP contribution in [-0.2, 0) is 37.4 Å². The van der Waals surface area contributed by atoms with Gasteiger partial charge in [0.1, 0.15) is 5.52 Å². The van der Waals surface area contributed by atoms with Crippen LogP contribution in [0.25, 0.3) is 22.0 Å². The minimum absolute atomic E-state index is 0.0351. The van der Waals surface area contributed by atoms with E-state index in [1.807, 2.05) is 6.92 Å². The van der Waals surface area contributed by atoms with Gasteiger partial charge in [0.2, 0.25) is 0 Å². The first-order valence-electron chi connectivity index (χ1n) is 13.1. The van der Waals surface area contributed by atoms with E-state index in [1.165, 1.54) is 60.5 Å². The lowest BCUT2D eigenvalue weighted by Crippen LogP contribution is -2.22. The first-order chi connectivity index (χ1) is 21.1. The van der Waals surface area contributed by atoms with Gasteiger partial charge >= 0.3 is 5.97 Å². The average molecular weight is 673 g/mol. The lowest BCUT2D eigenvalue weighted by molar-refractivity contribution is 0.0600. The molecule has 15 heteroatoms. The van der Waals surface area contributed by atoms with Crippen LogP contribution in [0.3, 0.4) is 0 Å². The van der Waals surface area contributed by atoms with E-state index >= 15 is 0 Å². The van der Waals surface area contributed by atoms with E-state index < -0.39 is 43.0 Å². The van der Waals surface area contributed by atoms with Crippen molar-refractivity contribution in [1.82, 2.24) is 13.5 Å². The number of carbonyl (C=O) groups excluding carboxylic acids is 1. The van der Waals surface area contributed by atoms with Gasteiger partial charge in [-0.3, -0.25) is 4.79 Å². The van der Waals surface area contributed by atoms with Crippen molar-refractivity contribution in [3.05, 3.63) is 105 Å². The van der Waals surface area contributed by atoms with Crippen LogP contribution >= 0.6 is 11.6 Å². The van der Waals surface area contributed by atoms with E-state index in [0.717, 1.165) is 29.0 Å². The fourth-order valence-electron chi connectivity index (χ4n) is 4.88. The number of sulfone groups is 1. The van der Waals surface area contributed by atoms with E-state index in [4.69, 9.17) is 16.3 Å². The Balaban J connectivity index is 1.84. The van der Waals surface area contributed by atoms with Crippen molar-refractivity contribution in [2.45, 2.75) is 17.6 Å². The molecule has 0 aliphatic rings. The Hall–Kier alpha value is -4.53. The number of anilines is 2. The Kier molecular flexibility index (Phi) is 8.33. The Morgan fingerprint density at radius 3 is 2.38 bits per heavy atom. The molecule has 3 aromatic heterocycles. The van der Waals surface area contributed by atoms with Crippen molar-refractivity contribution in [1.29, 1.82) is 0 Å². The van der Waals surface area contributed by atoms with Gasteiger partial charge in [0.15, 0.2) is 21.5 Å². The van der Waals surface area contributed by atoms with E-state index in [9.17, 15) is 30.8 Å². The normalized spacial score (nSPS) is 12.0. The Morgan fingerprint density at radius 1 is 1.07 bits per heavy atom. The molecular formula is C30H26ClFN4O7S2. The van der Waals surface area contributed by atoms with Gasteiger partial charge < -0.3 is 14.6 Å². The maximum absolute atomic E-state index is 14.9. The van der Waals surface area contributed by atoms with E-state index in [2.05, 4.69) is 10.3 Å². The largest absolute Gasteiger partial charge is 0.465 e. The first-order valence-corrected chi connectivity index (χ1v) is 17.0. The second kappa shape index (κ2) is 11.8. The number of nitrogens with zero attached hydrogens (tertiary/aromatic N) is 3. The van der Waals surface area contributed by atoms with Crippen molar-refractivity contribution < 1.29 is 30.8 Å². The van der Waals surface area contributed by atoms with Gasteiger partial charge in [0, 0.05) is 54.1 Å². The average Bonchev–Trinajstić information content (AvgIpc) is 3.42. The fraction of sp³-hybridized carbons (Fsp3) is 0.167. The highest BCUT2D eigenvalue weighted by Crippen LogP contribution is 2.38. The summed E-state index contributed by atoms with van der Waals surface area (Å²) in [7, 11) is -5.36. The van der Waals surface area contributed by atoms with Gasteiger partial charge in [0.05, 0.1) is 28.3 Å². The predicted molar refractivity (Wildman–Crippen MR) is 169 cm³/mol. The van der Waals surface area contributed by atoms with Crippen LogP contribution in [-0.4, -0.2) is 49.7 Å². The zero-order chi connectivity index (χ0) is 32.8. The zero-order valence-electron chi connectivity index (χ0n) is 24.3. The highest BCUT2D eigenvalue weighted by molar-refractivity contribution is 7.90. The van der Waals surface area contributed by atoms with Gasteiger partial charge in [-0.15, -0.1) is 0 Å². The minimum Gasteiger partial charge on any atom is -0.465 e. The third kappa shape index (κ3) is 6.21. The Labute approximate surface area is 262 Å². The van der Waals surface area contributed by atoms with Crippen LogP contribution in [0.4, 0.5) is 15.9 Å². The zero-order valence-corrected chi connectivity index (χ0v) is 26.7. The summed E-state index contributed by atoms with van der Waals surface area (Å²) in [6.07, 6.45) is 4.87. The molecule has 0 saturated heterocycles. The molecule has 0 amide bonds. The number of carbonyl (C=O) groups is 1. The van der Waals surface area contributed by atoms with Gasteiger partial charge in [0.25, 0.3) is 15.6 Å². The van der Waals surface area contributed by atoms with Crippen molar-refractivity contribution in [3.8, 4) is 11.1 Å². The molecule has 0 aliphatic heterocycles. The summed E-state index contributed by atoms with van der Waals surface area (Å²) in [4.78, 5) is 30.2. The van der Waals surface area contributed by atoms with Crippen LogP contribution in [0.2, 0.25) is 5.02 Å². The number of aromatic nitrogens is 3. The molecule has 45 heavy (non-hydrogen) atoms. The summed E-state index contributed by atoms with van der Waals surface area (Å²) in [6.45, 7) is 1.81. The van der Waals surface area contributed by atoms with Crippen LogP contribution < -0.4 is 10.9 Å². The van der Waals surface area contributed by atoms with Gasteiger partial charge in [-0.25, -0.2) is 35.0 Å². The standard InChI is InChI=1S/C30H26ClFN4O7S2/c1-17-5-7-20(8-6-17)45(41,42)36-10-9-21-24(15-35(2)29(37)27(21)36)23-11-18(16-44(4,39)40)22(30(38)43-3)13-26(23)34-28-25(32)12-19(31)14-33-28/h5-15H,16H2,1-4H3,(H,33,34). The second-order valence-electron chi connectivity index (χ2n) is 10.4. The van der Waals surface area contributed by atoms with Crippen LogP contribution in [0.5, 0.6) is 0 Å². The molecular weight excluding hydrogens is 647 g/mol. The third-order valence-corrected chi connectivity index (χ3v) is 9.72. The van der Waals surface area contributed by atoms with Crippen molar-refractivity contribution in [2.75, 3.05) is 18.7 Å². The van der Waals surface area contributed by atoms with Gasteiger partial charge in [-0.1, -0.05) is 29.3 Å². The van der Waals surface area contributed by atoms with Gasteiger partial charge in [-0.05, 0) is 48.9 Å². The number of pyridine rings is 2. The fourth-order valence-corrected chi connectivity index (χ4v) is 7.17. The number of hydrogen-bond donors (Lipinski definition) is 1. The number of methoxy groups -OCH3 is 1. The summed E-state index contributed by atoms with van der Waals surface area (Å²) in [5.41, 5.74) is 0.534. The molecule has 1 N–H and O–H groups in total. The predicted octanol–water partition coefficient (Wildman–Crippen LogP) is 4.81. The summed E-state index contributed by atoms with van der Waals surface area (Å²) in [6, 6.07) is 11.3. The summed E-state index contributed by atoms with van der Waals surface area (Å²) >= 11 is 5.87. The lowest BCUT2D eigenvalue weighted by Gasteiger charge is -2.18. The third-order valence-electron chi connectivity index (χ3n) is 6.98. The van der Waals surface area contributed by atoms with Crippen LogP contribution in [0, 0.1) is 12.7 Å². The maximum atomic E-state index is 14.9. The molecule has 0 atom stereocenters. The minimum atomic E-state index is -4.22. The molecule has 0 spiro atoms. The molecule has 5 rings (SSSR count). The van der Waals surface area contributed by atoms with Gasteiger partial charge in [-0.2, -0.15) is 0 Å². The molecule has 2 aromatic carbocycles. The van der Waals surface area contributed by atoms with Crippen molar-refractivity contribution in [3.63, 3.8) is 0 Å². The van der Waals surface area contributed by atoms with Crippen molar-refractivity contribution in [2.24, 2.45) is 7.05 Å². The SMILES string of the molecule is COC(=O)c1cc(Nc2ncc(Cl)cc2F)c(-c2cn(C)c(=O)c3c2ccn3S(=O)(=O)c2ccc(C)cc2)cc1CS(C)(=O)=O. The van der Waals surface area contributed by atoms with E-state index in [1.54, 1.807) is 12.1 Å². The number of fused-ring (bicyclic) bond motifs is 1. The maximum Gasteiger partial charge on any atom is 0.338 e. The highest BCUT2D eigenvalue weighted by atomic mass is 35.5. The van der Waals surface area contributed by atoms with E-state index in [-0.39, 0.29) is 54.6 Å². The Morgan fingerprint density at radius 2 is 1.76 bits per heavy atom. The van der Waals surface area contributed by atoms with E-state index in [0.29, 0.717) is 0 Å². The molecule has 0 fully saturated rings. The Bertz CT molecular complexity index is 2280. The number of esters is 1. The number of hydrogen-bond acceptors (Lipinski definition) is 9. The lowest BCUT2D eigenvalue weighted by atomic mass is 9.96. The molecule has 0 aliphatic carbocycles. The second-order valence-corrected chi connectivity index (χ2v) is 14.8. The molecule has 5 aromatic rings. The summed E-state index contributed by atoms with van der Waals surface area (Å²) in [5, 5.41) is 3.06. The summed E-state index contributed by atoms with van der Waals surface area (Å²) < 4.78 is 74.0. The highest BCUT2D eigenvalue weighted by Gasteiger charge is 2.26. The topological polar surface area (TPSA) is 146 Å². The van der Waals surface area contributed by atoms with Crippen LogP contribution in [0.1, 0.15) is 21.5 Å². The molecule has 3 heterocycles. The number of aryl methyl sites for hydroxylation is 2. The quantitative estimate of drug-likeness (QED) is 0.229. The number of nitrogens with one attached hydrogen (secondary N) is 1.